The number of rotatable bonds is 1. The molecule has 5 rings (SSSR count). The van der Waals surface area contributed by atoms with Crippen LogP contribution < -0.4 is 4.90 Å². The van der Waals surface area contributed by atoms with Gasteiger partial charge in [-0.15, -0.1) is 0 Å². The summed E-state index contributed by atoms with van der Waals surface area (Å²) >= 11 is 0. The van der Waals surface area contributed by atoms with Crippen molar-refractivity contribution in [1.82, 2.24) is 4.90 Å². The molecule has 0 amide bonds. The Morgan fingerprint density at radius 2 is 1.88 bits per heavy atom. The zero-order valence-corrected chi connectivity index (χ0v) is 14.9. The minimum atomic E-state index is 0.351. The van der Waals surface area contributed by atoms with Gasteiger partial charge < -0.3 is 14.9 Å². The average molecular weight is 326 g/mol. The van der Waals surface area contributed by atoms with Crippen LogP contribution in [-0.2, 0) is 11.8 Å². The van der Waals surface area contributed by atoms with E-state index in [9.17, 15) is 5.11 Å². The maximum absolute atomic E-state index is 10.8. The van der Waals surface area contributed by atoms with E-state index in [1.807, 2.05) is 0 Å². The molecule has 2 bridgehead atoms. The molecule has 130 valence electrons. The normalized spacial score (nSPS) is 35.6. The molecule has 4 aliphatic rings. The van der Waals surface area contributed by atoms with Gasteiger partial charge in [0.05, 0.1) is 5.69 Å². The maximum Gasteiger partial charge on any atom is 0.139 e. The molecule has 3 fully saturated rings. The number of aromatic hydroxyl groups is 1. The highest BCUT2D eigenvalue weighted by Gasteiger charge is 2.53. The smallest absolute Gasteiger partial charge is 0.139 e. The van der Waals surface area contributed by atoms with Crippen LogP contribution in [0.2, 0.25) is 0 Å². The van der Waals surface area contributed by atoms with Gasteiger partial charge in [-0.1, -0.05) is 12.8 Å². The second-order valence-electron chi connectivity index (χ2n) is 8.70. The van der Waals surface area contributed by atoms with Gasteiger partial charge in [-0.3, -0.25) is 0 Å². The zero-order valence-electron chi connectivity index (χ0n) is 14.9. The standard InChI is InChI=1S/C21H30N2O/c1-22-11-8-21-7-3-2-6-16(21)18(22)12-15-13-19(20(24)14-17(15)21)23-9-4-5-10-23/h13-14,16,18,24H,2-12H2,1H3/t16-,18-,21+/m0/s1. The number of phenols is 1. The monoisotopic (exact) mass is 326 g/mol. The van der Waals surface area contributed by atoms with Gasteiger partial charge in [0.15, 0.2) is 0 Å². The largest absolute Gasteiger partial charge is 0.506 e. The average Bonchev–Trinajstić information content (AvgIpc) is 3.12. The lowest BCUT2D eigenvalue weighted by molar-refractivity contribution is 0.00276. The number of fused-ring (bicyclic) bond motifs is 1. The fourth-order valence-electron chi connectivity index (χ4n) is 6.44. The molecule has 0 spiro atoms. The van der Waals surface area contributed by atoms with E-state index in [-0.39, 0.29) is 0 Å². The van der Waals surface area contributed by atoms with Crippen molar-refractivity contribution in [1.29, 1.82) is 0 Å². The Kier molecular flexibility index (Phi) is 3.38. The fourth-order valence-corrected chi connectivity index (χ4v) is 6.44. The predicted octanol–water partition coefficient (Wildman–Crippen LogP) is 3.68. The molecule has 0 radical (unpaired) electrons. The Morgan fingerprint density at radius 1 is 1.04 bits per heavy atom. The first-order valence-corrected chi connectivity index (χ1v) is 10.0. The summed E-state index contributed by atoms with van der Waals surface area (Å²) in [6.45, 7) is 3.42. The van der Waals surface area contributed by atoms with Crippen molar-refractivity contribution in [3.05, 3.63) is 23.3 Å². The molecule has 3 heteroatoms. The maximum atomic E-state index is 10.8. The van der Waals surface area contributed by atoms with Crippen LogP contribution in [0.25, 0.3) is 0 Å². The summed E-state index contributed by atoms with van der Waals surface area (Å²) in [5.74, 6) is 1.33. The molecule has 1 saturated carbocycles. The number of nitrogens with zero attached hydrogens (tertiary/aromatic N) is 2. The summed E-state index contributed by atoms with van der Waals surface area (Å²) in [6, 6.07) is 5.25. The molecule has 2 heterocycles. The first-order chi connectivity index (χ1) is 11.7. The van der Waals surface area contributed by atoms with Gasteiger partial charge in [0.2, 0.25) is 0 Å². The number of likely N-dealkylation sites (N-methyl/N-ethyl adjacent to an activating group) is 1. The van der Waals surface area contributed by atoms with E-state index < -0.39 is 0 Å². The van der Waals surface area contributed by atoms with E-state index in [2.05, 4.69) is 29.0 Å². The lowest BCUT2D eigenvalue weighted by Crippen LogP contribution is -2.59. The van der Waals surface area contributed by atoms with Gasteiger partial charge in [-0.05, 0) is 81.3 Å². The summed E-state index contributed by atoms with van der Waals surface area (Å²) in [5, 5.41) is 10.8. The summed E-state index contributed by atoms with van der Waals surface area (Å²) in [5.41, 5.74) is 4.49. The SMILES string of the molecule is CN1CC[C@]23CCCC[C@H]2[C@@H]1Cc1cc(N2CCCC2)c(O)cc13. The topological polar surface area (TPSA) is 26.7 Å². The summed E-state index contributed by atoms with van der Waals surface area (Å²) in [4.78, 5) is 5.01. The van der Waals surface area contributed by atoms with Crippen molar-refractivity contribution >= 4 is 5.69 Å². The number of anilines is 1. The van der Waals surface area contributed by atoms with E-state index in [0.29, 0.717) is 17.2 Å². The molecule has 3 atom stereocenters. The van der Waals surface area contributed by atoms with Crippen molar-refractivity contribution < 1.29 is 5.11 Å². The second kappa shape index (κ2) is 5.39. The number of phenolic OH excluding ortho intramolecular Hbond substituents is 1. The quantitative estimate of drug-likeness (QED) is 0.853. The molecule has 0 aromatic heterocycles. The van der Waals surface area contributed by atoms with Crippen molar-refractivity contribution in [2.45, 2.75) is 62.8 Å². The number of hydrogen-bond donors (Lipinski definition) is 1. The molecule has 3 nitrogen and oxygen atoms in total. The number of hydrogen-bond acceptors (Lipinski definition) is 3. The van der Waals surface area contributed by atoms with Crippen LogP contribution in [0.4, 0.5) is 5.69 Å². The van der Waals surface area contributed by atoms with Crippen LogP contribution in [0.1, 0.15) is 56.1 Å². The van der Waals surface area contributed by atoms with Crippen molar-refractivity contribution in [2.75, 3.05) is 31.6 Å². The molecular formula is C21H30N2O. The highest BCUT2D eigenvalue weighted by atomic mass is 16.3. The van der Waals surface area contributed by atoms with Crippen molar-refractivity contribution in [2.24, 2.45) is 5.92 Å². The Bertz CT molecular complexity index is 651. The van der Waals surface area contributed by atoms with Crippen LogP contribution in [0.3, 0.4) is 0 Å². The molecule has 0 unspecified atom stereocenters. The summed E-state index contributed by atoms with van der Waals surface area (Å²) < 4.78 is 0. The molecule has 1 aromatic carbocycles. The Morgan fingerprint density at radius 3 is 2.71 bits per heavy atom. The second-order valence-corrected chi connectivity index (χ2v) is 8.70. The highest BCUT2D eigenvalue weighted by molar-refractivity contribution is 5.64. The number of piperidine rings is 1. The van der Waals surface area contributed by atoms with Gasteiger partial charge in [-0.25, -0.2) is 0 Å². The van der Waals surface area contributed by atoms with E-state index in [1.54, 1.807) is 0 Å². The van der Waals surface area contributed by atoms with E-state index in [0.717, 1.165) is 24.7 Å². The lowest BCUT2D eigenvalue weighted by atomic mass is 9.52. The van der Waals surface area contributed by atoms with Gasteiger partial charge in [0.25, 0.3) is 0 Å². The molecule has 1 N–H and O–H groups in total. The molecule has 2 aliphatic carbocycles. The molecule has 2 saturated heterocycles. The third-order valence-electron chi connectivity index (χ3n) is 7.65. The Hall–Kier alpha value is -1.22. The van der Waals surface area contributed by atoms with Crippen LogP contribution >= 0.6 is 0 Å². The van der Waals surface area contributed by atoms with E-state index in [1.165, 1.54) is 69.0 Å². The first-order valence-electron chi connectivity index (χ1n) is 10.0. The van der Waals surface area contributed by atoms with Gasteiger partial charge >= 0.3 is 0 Å². The van der Waals surface area contributed by atoms with Crippen LogP contribution in [-0.4, -0.2) is 42.7 Å². The third kappa shape index (κ3) is 2.00. The Labute approximate surface area is 145 Å². The molecular weight excluding hydrogens is 296 g/mol. The fraction of sp³-hybridized carbons (Fsp3) is 0.714. The highest BCUT2D eigenvalue weighted by Crippen LogP contribution is 2.56. The molecule has 2 aliphatic heterocycles. The van der Waals surface area contributed by atoms with Crippen molar-refractivity contribution in [3.8, 4) is 5.75 Å². The predicted molar refractivity (Wildman–Crippen MR) is 97.9 cm³/mol. The van der Waals surface area contributed by atoms with Crippen LogP contribution in [0.15, 0.2) is 12.1 Å². The molecule has 24 heavy (non-hydrogen) atoms. The lowest BCUT2D eigenvalue weighted by Gasteiger charge is -2.58. The minimum Gasteiger partial charge on any atom is -0.506 e. The molecule has 1 aromatic rings. The van der Waals surface area contributed by atoms with Crippen LogP contribution in [0.5, 0.6) is 5.75 Å². The Balaban J connectivity index is 1.63. The number of benzene rings is 1. The third-order valence-corrected chi connectivity index (χ3v) is 7.65. The van der Waals surface area contributed by atoms with Crippen LogP contribution in [0, 0.1) is 5.92 Å². The zero-order chi connectivity index (χ0) is 16.3. The van der Waals surface area contributed by atoms with E-state index >= 15 is 0 Å². The number of likely N-dealkylation sites (tertiary alicyclic amines) is 1. The first kappa shape index (κ1) is 15.1. The van der Waals surface area contributed by atoms with Gasteiger partial charge in [0.1, 0.15) is 5.75 Å². The summed E-state index contributed by atoms with van der Waals surface area (Å²) in [7, 11) is 2.33. The minimum absolute atomic E-state index is 0.351. The summed E-state index contributed by atoms with van der Waals surface area (Å²) in [6.07, 6.45) is 10.4. The van der Waals surface area contributed by atoms with Gasteiger partial charge in [0, 0.05) is 24.5 Å². The van der Waals surface area contributed by atoms with Crippen molar-refractivity contribution in [3.63, 3.8) is 0 Å². The van der Waals surface area contributed by atoms with Gasteiger partial charge in [-0.2, -0.15) is 0 Å². The van der Waals surface area contributed by atoms with E-state index in [4.69, 9.17) is 0 Å².